The molecule has 0 fully saturated rings. The Labute approximate surface area is 86.7 Å². The summed E-state index contributed by atoms with van der Waals surface area (Å²) in [5, 5.41) is 0. The van der Waals surface area contributed by atoms with Gasteiger partial charge < -0.3 is 0 Å². The molecule has 2 unspecified atom stereocenters. The molecule has 0 aliphatic heterocycles. The first-order valence-electron chi connectivity index (χ1n) is 5.51. The van der Waals surface area contributed by atoms with Crippen molar-refractivity contribution in [3.8, 4) is 0 Å². The predicted octanol–water partition coefficient (Wildman–Crippen LogP) is 4.06. The molecule has 0 saturated carbocycles. The highest BCUT2D eigenvalue weighted by molar-refractivity contribution is 5.31. The van der Waals surface area contributed by atoms with Crippen molar-refractivity contribution in [3.05, 3.63) is 47.5 Å². The molecule has 2 rings (SSSR count). The van der Waals surface area contributed by atoms with Gasteiger partial charge in [0.05, 0.1) is 0 Å². The molecule has 1 aliphatic carbocycles. The van der Waals surface area contributed by atoms with Crippen molar-refractivity contribution in [3.63, 3.8) is 0 Å². The van der Waals surface area contributed by atoms with Gasteiger partial charge in [0.2, 0.25) is 0 Å². The maximum atomic E-state index is 2.36. The number of rotatable bonds is 1. The van der Waals surface area contributed by atoms with Gasteiger partial charge in [-0.05, 0) is 42.7 Å². The van der Waals surface area contributed by atoms with E-state index in [2.05, 4.69) is 50.3 Å². The van der Waals surface area contributed by atoms with Gasteiger partial charge >= 0.3 is 0 Å². The maximum Gasteiger partial charge on any atom is -0.00961 e. The van der Waals surface area contributed by atoms with Gasteiger partial charge in [-0.2, -0.15) is 0 Å². The van der Waals surface area contributed by atoms with Crippen LogP contribution in [0, 0.1) is 12.8 Å². The van der Waals surface area contributed by atoms with Crippen LogP contribution in [0.1, 0.15) is 36.8 Å². The first kappa shape index (κ1) is 9.51. The van der Waals surface area contributed by atoms with Gasteiger partial charge in [-0.3, -0.25) is 0 Å². The Morgan fingerprint density at radius 2 is 2.00 bits per heavy atom. The minimum absolute atomic E-state index is 0.699. The Hall–Kier alpha value is -1.04. The standard InChI is InChI=1S/C14H18/c1-11-7-3-5-9-13(11)14-10-6-4-8-12(14)2/h3-5,7-9,12,14H,6,10H2,1-2H3. The van der Waals surface area contributed by atoms with Crippen LogP contribution in [0.15, 0.2) is 36.4 Å². The molecule has 0 amide bonds. The number of hydrogen-bond acceptors (Lipinski definition) is 0. The summed E-state index contributed by atoms with van der Waals surface area (Å²) in [7, 11) is 0. The van der Waals surface area contributed by atoms with Crippen LogP contribution in [0.25, 0.3) is 0 Å². The third kappa shape index (κ3) is 1.75. The SMILES string of the molecule is Cc1ccccc1C1CCC=CC1C. The molecule has 1 aliphatic rings. The van der Waals surface area contributed by atoms with Crippen LogP contribution in [0.4, 0.5) is 0 Å². The number of aryl methyl sites for hydroxylation is 1. The third-order valence-corrected chi connectivity index (χ3v) is 3.31. The molecule has 0 saturated heterocycles. The Morgan fingerprint density at radius 3 is 2.71 bits per heavy atom. The van der Waals surface area contributed by atoms with E-state index in [-0.39, 0.29) is 0 Å². The van der Waals surface area contributed by atoms with Crippen LogP contribution >= 0.6 is 0 Å². The van der Waals surface area contributed by atoms with E-state index >= 15 is 0 Å². The topological polar surface area (TPSA) is 0 Å². The number of allylic oxidation sites excluding steroid dienone is 2. The fourth-order valence-corrected chi connectivity index (χ4v) is 2.43. The highest BCUT2D eigenvalue weighted by Gasteiger charge is 2.20. The molecule has 0 heterocycles. The highest BCUT2D eigenvalue weighted by atomic mass is 14.2. The molecular weight excluding hydrogens is 168 g/mol. The average Bonchev–Trinajstić information content (AvgIpc) is 2.20. The van der Waals surface area contributed by atoms with Crippen molar-refractivity contribution in [2.75, 3.05) is 0 Å². The Kier molecular flexibility index (Phi) is 2.72. The molecular formula is C14H18. The van der Waals surface area contributed by atoms with E-state index in [1.807, 2.05) is 0 Å². The molecule has 2 atom stereocenters. The molecule has 14 heavy (non-hydrogen) atoms. The fourth-order valence-electron chi connectivity index (χ4n) is 2.43. The van der Waals surface area contributed by atoms with E-state index in [0.29, 0.717) is 5.92 Å². The Bertz CT molecular complexity index is 336. The fraction of sp³-hybridized carbons (Fsp3) is 0.429. The lowest BCUT2D eigenvalue weighted by molar-refractivity contribution is 0.490. The van der Waals surface area contributed by atoms with E-state index in [1.54, 1.807) is 5.56 Å². The molecule has 1 aromatic carbocycles. The van der Waals surface area contributed by atoms with Gasteiger partial charge in [-0.15, -0.1) is 0 Å². The molecule has 74 valence electrons. The van der Waals surface area contributed by atoms with Crippen molar-refractivity contribution in [1.29, 1.82) is 0 Å². The van der Waals surface area contributed by atoms with E-state index in [1.165, 1.54) is 18.4 Å². The normalized spacial score (nSPS) is 26.4. The first-order chi connectivity index (χ1) is 6.79. The lowest BCUT2D eigenvalue weighted by Crippen LogP contribution is -2.12. The summed E-state index contributed by atoms with van der Waals surface area (Å²) in [5.74, 6) is 1.44. The van der Waals surface area contributed by atoms with Crippen molar-refractivity contribution >= 4 is 0 Å². The number of hydrogen-bond donors (Lipinski definition) is 0. The van der Waals surface area contributed by atoms with Crippen LogP contribution < -0.4 is 0 Å². The van der Waals surface area contributed by atoms with E-state index in [4.69, 9.17) is 0 Å². The quantitative estimate of drug-likeness (QED) is 0.580. The van der Waals surface area contributed by atoms with Crippen LogP contribution in [0.2, 0.25) is 0 Å². The van der Waals surface area contributed by atoms with Gasteiger partial charge in [-0.1, -0.05) is 43.3 Å². The third-order valence-electron chi connectivity index (χ3n) is 3.31. The summed E-state index contributed by atoms with van der Waals surface area (Å²) >= 11 is 0. The summed E-state index contributed by atoms with van der Waals surface area (Å²) in [6.07, 6.45) is 7.23. The van der Waals surface area contributed by atoms with Gasteiger partial charge in [0.1, 0.15) is 0 Å². The van der Waals surface area contributed by atoms with E-state index in [9.17, 15) is 0 Å². The second kappa shape index (κ2) is 4.00. The molecule has 0 bridgehead atoms. The van der Waals surface area contributed by atoms with Crippen LogP contribution in [0.3, 0.4) is 0 Å². The smallest absolute Gasteiger partial charge is 0.00961 e. The molecule has 0 aromatic heterocycles. The first-order valence-corrected chi connectivity index (χ1v) is 5.51. The number of benzene rings is 1. The zero-order valence-corrected chi connectivity index (χ0v) is 9.03. The molecule has 1 aromatic rings. The summed E-state index contributed by atoms with van der Waals surface area (Å²) in [4.78, 5) is 0. The van der Waals surface area contributed by atoms with Crippen molar-refractivity contribution < 1.29 is 0 Å². The molecule has 0 N–H and O–H groups in total. The van der Waals surface area contributed by atoms with E-state index in [0.717, 1.165) is 5.92 Å². The Morgan fingerprint density at radius 1 is 1.21 bits per heavy atom. The zero-order valence-electron chi connectivity index (χ0n) is 9.03. The average molecular weight is 186 g/mol. The van der Waals surface area contributed by atoms with Gasteiger partial charge in [0.25, 0.3) is 0 Å². The lowest BCUT2D eigenvalue weighted by atomic mass is 9.79. The predicted molar refractivity (Wildman–Crippen MR) is 61.5 cm³/mol. The second-order valence-electron chi connectivity index (χ2n) is 4.33. The lowest BCUT2D eigenvalue weighted by Gasteiger charge is -2.26. The maximum absolute atomic E-state index is 2.36. The van der Waals surface area contributed by atoms with Crippen LogP contribution in [-0.4, -0.2) is 0 Å². The zero-order chi connectivity index (χ0) is 9.97. The Balaban J connectivity index is 2.30. The molecule has 0 spiro atoms. The van der Waals surface area contributed by atoms with Gasteiger partial charge in [0.15, 0.2) is 0 Å². The summed E-state index contributed by atoms with van der Waals surface area (Å²) < 4.78 is 0. The van der Waals surface area contributed by atoms with Crippen molar-refractivity contribution in [1.82, 2.24) is 0 Å². The second-order valence-corrected chi connectivity index (χ2v) is 4.33. The summed E-state index contributed by atoms with van der Waals surface area (Å²) in [5.41, 5.74) is 2.99. The highest BCUT2D eigenvalue weighted by Crippen LogP contribution is 2.35. The molecule has 0 nitrogen and oxygen atoms in total. The van der Waals surface area contributed by atoms with E-state index < -0.39 is 0 Å². The largest absolute Gasteiger partial charge is 0.0882 e. The molecule has 0 heteroatoms. The summed E-state index contributed by atoms with van der Waals surface area (Å²) in [6, 6.07) is 8.80. The van der Waals surface area contributed by atoms with Crippen molar-refractivity contribution in [2.45, 2.75) is 32.6 Å². The minimum Gasteiger partial charge on any atom is -0.0882 e. The van der Waals surface area contributed by atoms with Crippen molar-refractivity contribution in [2.24, 2.45) is 5.92 Å². The van der Waals surface area contributed by atoms with Crippen LogP contribution in [-0.2, 0) is 0 Å². The monoisotopic (exact) mass is 186 g/mol. The minimum atomic E-state index is 0.699. The summed E-state index contributed by atoms with van der Waals surface area (Å²) in [6.45, 7) is 4.55. The van der Waals surface area contributed by atoms with Gasteiger partial charge in [-0.25, -0.2) is 0 Å². The van der Waals surface area contributed by atoms with Crippen LogP contribution in [0.5, 0.6) is 0 Å². The van der Waals surface area contributed by atoms with Gasteiger partial charge in [0, 0.05) is 0 Å². The molecule has 0 radical (unpaired) electrons.